The van der Waals surface area contributed by atoms with Gasteiger partial charge in [-0.05, 0) is 42.0 Å². The summed E-state index contributed by atoms with van der Waals surface area (Å²) in [5.41, 5.74) is 2.28. The van der Waals surface area contributed by atoms with Crippen molar-refractivity contribution in [1.29, 1.82) is 5.26 Å². The van der Waals surface area contributed by atoms with Gasteiger partial charge in [0, 0.05) is 50.3 Å². The summed E-state index contributed by atoms with van der Waals surface area (Å²) in [6.07, 6.45) is -2.03. The summed E-state index contributed by atoms with van der Waals surface area (Å²) in [6, 6.07) is 14.3. The average Bonchev–Trinajstić information content (AvgIpc) is 3.37. The highest BCUT2D eigenvalue weighted by Crippen LogP contribution is 2.40. The number of rotatable bonds is 6. The van der Waals surface area contributed by atoms with Gasteiger partial charge in [-0.1, -0.05) is 6.07 Å². The Morgan fingerprint density at radius 1 is 1.05 bits per heavy atom. The molecule has 1 aliphatic heterocycles. The Morgan fingerprint density at radius 2 is 1.82 bits per heavy atom. The zero-order valence-electron chi connectivity index (χ0n) is 21.6. The molecule has 0 aliphatic carbocycles. The summed E-state index contributed by atoms with van der Waals surface area (Å²) in [5, 5.41) is 9.78. The minimum atomic E-state index is -4.99. The molecular weight excluding hydrogens is 527 g/mol. The Kier molecular flexibility index (Phi) is 7.36. The molecule has 8 nitrogen and oxygen atoms in total. The fourth-order valence-electron chi connectivity index (χ4n) is 4.49. The van der Waals surface area contributed by atoms with Crippen LogP contribution in [0.1, 0.15) is 28.8 Å². The topological polar surface area (TPSA) is 97.8 Å². The SMILES string of the molecule is CN(C)C(=O)c1ccc(-c2cc3nccc(-c4ccc(OC5CCOCC5)c(C#N)c4)c3o2)c(OC(F)(F)F)c1. The first-order chi connectivity index (χ1) is 19.1. The summed E-state index contributed by atoms with van der Waals surface area (Å²) < 4.78 is 61.5. The van der Waals surface area contributed by atoms with Crippen molar-refractivity contribution in [3.8, 4) is 40.0 Å². The van der Waals surface area contributed by atoms with Crippen molar-refractivity contribution in [2.24, 2.45) is 0 Å². The minimum Gasteiger partial charge on any atom is -0.489 e. The molecule has 0 radical (unpaired) electrons. The van der Waals surface area contributed by atoms with Gasteiger partial charge in [-0.3, -0.25) is 9.78 Å². The van der Waals surface area contributed by atoms with Gasteiger partial charge in [-0.25, -0.2) is 0 Å². The smallest absolute Gasteiger partial charge is 0.489 e. The van der Waals surface area contributed by atoms with Crippen LogP contribution in [0.3, 0.4) is 0 Å². The number of nitriles is 1. The molecule has 0 atom stereocenters. The van der Waals surface area contributed by atoms with Crippen LogP contribution in [0.5, 0.6) is 11.5 Å². The van der Waals surface area contributed by atoms with Crippen molar-refractivity contribution in [2.45, 2.75) is 25.3 Å². The van der Waals surface area contributed by atoms with Gasteiger partial charge in [0.05, 0.1) is 24.3 Å². The maximum Gasteiger partial charge on any atom is 0.573 e. The minimum absolute atomic E-state index is 0.00509. The van der Waals surface area contributed by atoms with Gasteiger partial charge in [0.1, 0.15) is 34.9 Å². The number of hydrogen-bond acceptors (Lipinski definition) is 7. The molecule has 4 aromatic rings. The second-order valence-electron chi connectivity index (χ2n) is 9.39. The van der Waals surface area contributed by atoms with Crippen molar-refractivity contribution in [1.82, 2.24) is 9.88 Å². The molecular formula is C29H24F3N3O5. The molecule has 3 heterocycles. The molecule has 2 aromatic heterocycles. The van der Waals surface area contributed by atoms with Crippen LogP contribution in [0, 0.1) is 11.3 Å². The molecule has 1 saturated heterocycles. The largest absolute Gasteiger partial charge is 0.573 e. The summed E-state index contributed by atoms with van der Waals surface area (Å²) in [7, 11) is 2.99. The lowest BCUT2D eigenvalue weighted by Gasteiger charge is -2.23. The second kappa shape index (κ2) is 10.9. The first kappa shape index (κ1) is 27.0. The van der Waals surface area contributed by atoms with Crippen molar-refractivity contribution in [3.63, 3.8) is 0 Å². The Morgan fingerprint density at radius 3 is 2.52 bits per heavy atom. The van der Waals surface area contributed by atoms with Crippen LogP contribution in [0.25, 0.3) is 33.6 Å². The number of hydrogen-bond donors (Lipinski definition) is 0. The number of nitrogens with zero attached hydrogens (tertiary/aromatic N) is 3. The maximum atomic E-state index is 13.3. The van der Waals surface area contributed by atoms with Crippen LogP contribution < -0.4 is 9.47 Å². The molecule has 0 N–H and O–H groups in total. The quantitative estimate of drug-likeness (QED) is 0.282. The number of ether oxygens (including phenoxy) is 3. The molecule has 0 saturated carbocycles. The molecule has 5 rings (SSSR count). The number of fused-ring (bicyclic) bond motifs is 1. The fraction of sp³-hybridized carbons (Fsp3) is 0.276. The number of amides is 1. The van der Waals surface area contributed by atoms with Crippen LogP contribution in [-0.4, -0.2) is 55.6 Å². The van der Waals surface area contributed by atoms with E-state index in [9.17, 15) is 23.2 Å². The van der Waals surface area contributed by atoms with E-state index in [0.717, 1.165) is 18.9 Å². The van der Waals surface area contributed by atoms with Gasteiger partial charge in [-0.2, -0.15) is 5.26 Å². The molecule has 2 aromatic carbocycles. The van der Waals surface area contributed by atoms with Gasteiger partial charge in [0.25, 0.3) is 5.91 Å². The molecule has 40 heavy (non-hydrogen) atoms. The third-order valence-electron chi connectivity index (χ3n) is 6.41. The van der Waals surface area contributed by atoms with E-state index < -0.39 is 18.0 Å². The van der Waals surface area contributed by atoms with E-state index in [1.54, 1.807) is 30.5 Å². The molecule has 0 bridgehead atoms. The zero-order valence-corrected chi connectivity index (χ0v) is 21.6. The first-order valence-electron chi connectivity index (χ1n) is 12.4. The lowest BCUT2D eigenvalue weighted by Crippen LogP contribution is -2.26. The van der Waals surface area contributed by atoms with Crippen molar-refractivity contribution in [2.75, 3.05) is 27.3 Å². The number of carbonyl (C=O) groups excluding carboxylic acids is 1. The fourth-order valence-corrected chi connectivity index (χ4v) is 4.49. The molecule has 0 unspecified atom stereocenters. The highest BCUT2D eigenvalue weighted by molar-refractivity contribution is 5.96. The highest BCUT2D eigenvalue weighted by atomic mass is 19.4. The van der Waals surface area contributed by atoms with Crippen molar-refractivity contribution < 1.29 is 36.6 Å². The number of carbonyl (C=O) groups is 1. The van der Waals surface area contributed by atoms with Crippen molar-refractivity contribution >= 4 is 17.0 Å². The molecule has 206 valence electrons. The molecule has 11 heteroatoms. The van der Waals surface area contributed by atoms with Crippen molar-refractivity contribution in [3.05, 3.63) is 65.9 Å². The lowest BCUT2D eigenvalue weighted by molar-refractivity contribution is -0.274. The predicted molar refractivity (Wildman–Crippen MR) is 139 cm³/mol. The molecule has 0 spiro atoms. The number of halogens is 3. The number of furan rings is 1. The summed E-state index contributed by atoms with van der Waals surface area (Å²) in [4.78, 5) is 17.9. The van der Waals surface area contributed by atoms with Crippen LogP contribution in [0.15, 0.2) is 59.1 Å². The van der Waals surface area contributed by atoms with E-state index >= 15 is 0 Å². The molecule has 1 fully saturated rings. The van der Waals surface area contributed by atoms with Gasteiger partial charge in [0.2, 0.25) is 0 Å². The summed E-state index contributed by atoms with van der Waals surface area (Å²) in [5.74, 6) is -0.533. The number of aromatic nitrogens is 1. The van der Waals surface area contributed by atoms with E-state index in [-0.39, 0.29) is 23.0 Å². The predicted octanol–water partition coefficient (Wildman–Crippen LogP) is 6.19. The summed E-state index contributed by atoms with van der Waals surface area (Å²) in [6.45, 7) is 1.20. The molecule has 1 aliphatic rings. The van der Waals surface area contributed by atoms with E-state index in [2.05, 4.69) is 15.8 Å². The first-order valence-corrected chi connectivity index (χ1v) is 12.4. The normalized spacial score (nSPS) is 14.1. The van der Waals surface area contributed by atoms with Crippen LogP contribution in [0.4, 0.5) is 13.2 Å². The zero-order chi connectivity index (χ0) is 28.4. The maximum absolute atomic E-state index is 13.3. The van der Waals surface area contributed by atoms with Crippen LogP contribution in [0.2, 0.25) is 0 Å². The highest BCUT2D eigenvalue weighted by Gasteiger charge is 2.33. The lowest BCUT2D eigenvalue weighted by atomic mass is 10.0. The Hall–Kier alpha value is -4.56. The summed E-state index contributed by atoms with van der Waals surface area (Å²) >= 11 is 0. The van der Waals surface area contributed by atoms with Gasteiger partial charge in [-0.15, -0.1) is 13.2 Å². The molecule has 1 amide bonds. The Labute approximate surface area is 227 Å². The number of benzene rings is 2. The van der Waals surface area contributed by atoms with Crippen LogP contribution >= 0.6 is 0 Å². The second-order valence-corrected chi connectivity index (χ2v) is 9.39. The Bertz CT molecular complexity index is 1600. The monoisotopic (exact) mass is 551 g/mol. The third-order valence-corrected chi connectivity index (χ3v) is 6.41. The van der Waals surface area contributed by atoms with E-state index in [1.165, 1.54) is 37.2 Å². The van der Waals surface area contributed by atoms with Gasteiger partial charge < -0.3 is 23.5 Å². The number of alkyl halides is 3. The number of pyridine rings is 1. The van der Waals surface area contributed by atoms with Gasteiger partial charge >= 0.3 is 6.36 Å². The van der Waals surface area contributed by atoms with E-state index in [1.807, 2.05) is 0 Å². The van der Waals surface area contributed by atoms with E-state index in [0.29, 0.717) is 46.8 Å². The Balaban J connectivity index is 1.54. The van der Waals surface area contributed by atoms with E-state index in [4.69, 9.17) is 13.9 Å². The average molecular weight is 552 g/mol. The standard InChI is InChI=1S/C29H24F3N3O5/c1-35(2)28(36)18-3-5-22(26(14-18)40-29(30,31)32)25-15-23-27(39-25)21(7-10-34-23)17-4-6-24(19(13-17)16-33)38-20-8-11-37-12-9-20/h3-7,10,13-15,20H,8-9,11-12H2,1-2H3. The van der Waals surface area contributed by atoms with Crippen LogP contribution in [-0.2, 0) is 4.74 Å². The third kappa shape index (κ3) is 5.72. The van der Waals surface area contributed by atoms with Gasteiger partial charge in [0.15, 0.2) is 5.58 Å².